The van der Waals surface area contributed by atoms with E-state index < -0.39 is 0 Å². The van der Waals surface area contributed by atoms with Crippen LogP contribution in [0.1, 0.15) is 44.6 Å². The Morgan fingerprint density at radius 1 is 1.23 bits per heavy atom. The first kappa shape index (κ1) is 14.1. The van der Waals surface area contributed by atoms with Crippen LogP contribution < -0.4 is 10.1 Å². The summed E-state index contributed by atoms with van der Waals surface area (Å²) in [5.41, 5.74) is 2.71. The molecule has 4 rings (SSSR count). The number of rotatable bonds is 4. The van der Waals surface area contributed by atoms with Gasteiger partial charge in [0.15, 0.2) is 0 Å². The fourth-order valence-electron chi connectivity index (χ4n) is 4.89. The Morgan fingerprint density at radius 3 is 2.82 bits per heavy atom. The van der Waals surface area contributed by atoms with Crippen molar-refractivity contribution in [2.75, 3.05) is 7.11 Å². The Bertz CT molecular complexity index is 675. The Labute approximate surface area is 132 Å². The average molecular weight is 298 g/mol. The molecule has 1 aromatic carbocycles. The van der Waals surface area contributed by atoms with Crippen molar-refractivity contribution in [3.63, 3.8) is 0 Å². The van der Waals surface area contributed by atoms with E-state index in [1.165, 1.54) is 35.7 Å². The van der Waals surface area contributed by atoms with Crippen LogP contribution in [-0.4, -0.2) is 24.2 Å². The summed E-state index contributed by atoms with van der Waals surface area (Å²) < 4.78 is 5.43. The molecule has 2 aliphatic carbocycles. The first-order valence-corrected chi connectivity index (χ1v) is 8.58. The molecule has 118 valence electrons. The van der Waals surface area contributed by atoms with Gasteiger partial charge in [-0.1, -0.05) is 13.8 Å². The monoisotopic (exact) mass is 298 g/mol. The van der Waals surface area contributed by atoms with E-state index >= 15 is 0 Å². The van der Waals surface area contributed by atoms with Crippen molar-refractivity contribution in [3.8, 4) is 5.75 Å². The van der Waals surface area contributed by atoms with Crippen molar-refractivity contribution in [3.05, 3.63) is 30.0 Å². The molecule has 2 aromatic rings. The molecular weight excluding hydrogens is 272 g/mol. The number of hydrogen-bond donors (Lipinski definition) is 2. The molecule has 22 heavy (non-hydrogen) atoms. The molecule has 2 fully saturated rings. The van der Waals surface area contributed by atoms with E-state index in [-0.39, 0.29) is 0 Å². The van der Waals surface area contributed by atoms with E-state index in [4.69, 9.17) is 4.74 Å². The lowest BCUT2D eigenvalue weighted by atomic mass is 9.79. The fraction of sp³-hybridized carbons (Fsp3) is 0.579. The van der Waals surface area contributed by atoms with Gasteiger partial charge in [-0.05, 0) is 54.9 Å². The van der Waals surface area contributed by atoms with Crippen molar-refractivity contribution >= 4 is 10.9 Å². The van der Waals surface area contributed by atoms with Crippen molar-refractivity contribution in [2.24, 2.45) is 11.8 Å². The molecule has 0 saturated heterocycles. The average Bonchev–Trinajstić information content (AvgIpc) is 3.19. The molecule has 4 atom stereocenters. The maximum absolute atomic E-state index is 5.43. The molecule has 0 amide bonds. The number of benzene rings is 1. The molecule has 2 bridgehead atoms. The van der Waals surface area contributed by atoms with Crippen LogP contribution in [0.15, 0.2) is 24.4 Å². The van der Waals surface area contributed by atoms with E-state index in [0.717, 1.165) is 17.6 Å². The number of nitrogens with one attached hydrogen (secondary N) is 2. The summed E-state index contributed by atoms with van der Waals surface area (Å²) in [7, 11) is 1.74. The standard InChI is InChI=1S/C19H26N2O/c1-11(2)21-19-13-5-4-12(8-13)18(19)16-10-20-17-7-6-14(22-3)9-15(16)17/h6-7,9-13,18-21H,4-5,8H2,1-3H3/t12-,13+,18+,19-/m1/s1. The summed E-state index contributed by atoms with van der Waals surface area (Å²) in [4.78, 5) is 3.47. The normalized spacial score (nSPS) is 30.5. The van der Waals surface area contributed by atoms with Gasteiger partial charge < -0.3 is 15.0 Å². The van der Waals surface area contributed by atoms with Gasteiger partial charge in [0.2, 0.25) is 0 Å². The Kier molecular flexibility index (Phi) is 3.41. The summed E-state index contributed by atoms with van der Waals surface area (Å²) in [6.45, 7) is 4.53. The van der Waals surface area contributed by atoms with Crippen molar-refractivity contribution < 1.29 is 4.74 Å². The van der Waals surface area contributed by atoms with Crippen LogP contribution in [0.2, 0.25) is 0 Å². The van der Waals surface area contributed by atoms with Crippen LogP contribution in [-0.2, 0) is 0 Å². The fourth-order valence-corrected chi connectivity index (χ4v) is 4.89. The Balaban J connectivity index is 1.76. The van der Waals surface area contributed by atoms with Crippen LogP contribution in [0.3, 0.4) is 0 Å². The zero-order valence-corrected chi connectivity index (χ0v) is 13.7. The molecule has 2 saturated carbocycles. The molecule has 0 aliphatic heterocycles. The zero-order valence-electron chi connectivity index (χ0n) is 13.7. The molecule has 2 N–H and O–H groups in total. The van der Waals surface area contributed by atoms with E-state index in [1.54, 1.807) is 7.11 Å². The summed E-state index contributed by atoms with van der Waals surface area (Å²) >= 11 is 0. The van der Waals surface area contributed by atoms with Crippen LogP contribution in [0.25, 0.3) is 10.9 Å². The number of aromatic nitrogens is 1. The predicted octanol–water partition coefficient (Wildman–Crippen LogP) is 4.06. The first-order valence-electron chi connectivity index (χ1n) is 8.58. The summed E-state index contributed by atoms with van der Waals surface area (Å²) in [5, 5.41) is 5.20. The smallest absolute Gasteiger partial charge is 0.119 e. The van der Waals surface area contributed by atoms with Crippen molar-refractivity contribution in [1.82, 2.24) is 10.3 Å². The number of hydrogen-bond acceptors (Lipinski definition) is 2. The summed E-state index contributed by atoms with van der Waals surface area (Å²) in [5.74, 6) is 3.28. The highest BCUT2D eigenvalue weighted by molar-refractivity contribution is 5.85. The van der Waals surface area contributed by atoms with Crippen LogP contribution in [0, 0.1) is 11.8 Å². The molecule has 2 aliphatic rings. The second-order valence-corrected chi connectivity index (χ2v) is 7.36. The lowest BCUT2D eigenvalue weighted by molar-refractivity contribution is 0.295. The minimum atomic E-state index is 0.548. The summed E-state index contributed by atoms with van der Waals surface area (Å²) in [6.07, 6.45) is 6.43. The Morgan fingerprint density at radius 2 is 2.05 bits per heavy atom. The number of aromatic amines is 1. The predicted molar refractivity (Wildman–Crippen MR) is 90.5 cm³/mol. The molecule has 0 radical (unpaired) electrons. The van der Waals surface area contributed by atoms with Gasteiger partial charge in [0.25, 0.3) is 0 Å². The third kappa shape index (κ3) is 2.14. The van der Waals surface area contributed by atoms with Gasteiger partial charge in [-0.2, -0.15) is 0 Å². The summed E-state index contributed by atoms with van der Waals surface area (Å²) in [6, 6.07) is 7.54. The topological polar surface area (TPSA) is 37.0 Å². The van der Waals surface area contributed by atoms with Gasteiger partial charge in [0, 0.05) is 35.1 Å². The second-order valence-electron chi connectivity index (χ2n) is 7.36. The maximum Gasteiger partial charge on any atom is 0.119 e. The van der Waals surface area contributed by atoms with Gasteiger partial charge in [-0.3, -0.25) is 0 Å². The quantitative estimate of drug-likeness (QED) is 0.893. The third-order valence-corrected chi connectivity index (χ3v) is 5.72. The van der Waals surface area contributed by atoms with Crippen molar-refractivity contribution in [2.45, 2.75) is 51.1 Å². The van der Waals surface area contributed by atoms with E-state index in [2.05, 4.69) is 42.5 Å². The van der Waals surface area contributed by atoms with Crippen LogP contribution >= 0.6 is 0 Å². The van der Waals surface area contributed by atoms with Gasteiger partial charge in [0.05, 0.1) is 7.11 Å². The highest BCUT2D eigenvalue weighted by Crippen LogP contribution is 2.54. The minimum Gasteiger partial charge on any atom is -0.497 e. The highest BCUT2D eigenvalue weighted by atomic mass is 16.5. The molecular formula is C19H26N2O. The number of methoxy groups -OCH3 is 1. The molecule has 0 unspecified atom stereocenters. The lowest BCUT2D eigenvalue weighted by Crippen LogP contribution is -2.42. The lowest BCUT2D eigenvalue weighted by Gasteiger charge is -2.33. The van der Waals surface area contributed by atoms with Crippen LogP contribution in [0.5, 0.6) is 5.75 Å². The Hall–Kier alpha value is -1.48. The molecule has 0 spiro atoms. The molecule has 1 aromatic heterocycles. The van der Waals surface area contributed by atoms with Crippen molar-refractivity contribution in [1.29, 1.82) is 0 Å². The highest BCUT2D eigenvalue weighted by Gasteiger charge is 2.48. The van der Waals surface area contributed by atoms with Crippen LogP contribution in [0.4, 0.5) is 0 Å². The largest absolute Gasteiger partial charge is 0.497 e. The SMILES string of the molecule is COc1ccc2[nH]cc([C@@H]3[C@@H]4CC[C@@H](C4)[C@H]3NC(C)C)c2c1. The zero-order chi connectivity index (χ0) is 15.3. The first-order chi connectivity index (χ1) is 10.7. The number of H-pyrrole nitrogens is 1. The van der Waals surface area contributed by atoms with Gasteiger partial charge in [-0.25, -0.2) is 0 Å². The second kappa shape index (κ2) is 5.31. The molecule has 3 heteroatoms. The third-order valence-electron chi connectivity index (χ3n) is 5.72. The van der Waals surface area contributed by atoms with Gasteiger partial charge >= 0.3 is 0 Å². The van der Waals surface area contributed by atoms with Gasteiger partial charge in [-0.15, -0.1) is 0 Å². The van der Waals surface area contributed by atoms with E-state index in [0.29, 0.717) is 18.0 Å². The molecule has 3 nitrogen and oxygen atoms in total. The van der Waals surface area contributed by atoms with Gasteiger partial charge in [0.1, 0.15) is 5.75 Å². The molecule has 1 heterocycles. The van der Waals surface area contributed by atoms with E-state index in [9.17, 15) is 0 Å². The number of fused-ring (bicyclic) bond motifs is 3. The number of ether oxygens (including phenoxy) is 1. The minimum absolute atomic E-state index is 0.548. The maximum atomic E-state index is 5.43. The van der Waals surface area contributed by atoms with E-state index in [1.807, 2.05) is 6.07 Å².